The molecular formula is C21H40N4O. The number of hydrogen-bond donors (Lipinski definition) is 1. The van der Waals surface area contributed by atoms with Gasteiger partial charge in [-0.05, 0) is 51.6 Å². The Morgan fingerprint density at radius 3 is 2.50 bits per heavy atom. The van der Waals surface area contributed by atoms with Gasteiger partial charge >= 0.3 is 0 Å². The van der Waals surface area contributed by atoms with Gasteiger partial charge in [-0.1, -0.05) is 20.8 Å². The third-order valence-corrected chi connectivity index (χ3v) is 8.95. The molecule has 9 atom stereocenters. The average Bonchev–Trinajstić information content (AvgIpc) is 2.67. The monoisotopic (exact) mass is 364 g/mol. The molecule has 0 aromatic heterocycles. The van der Waals surface area contributed by atoms with Crippen molar-refractivity contribution in [2.24, 2.45) is 17.3 Å². The Morgan fingerprint density at radius 1 is 1.08 bits per heavy atom. The fourth-order valence-corrected chi connectivity index (χ4v) is 7.08. The summed E-state index contributed by atoms with van der Waals surface area (Å²) < 4.78 is 0. The van der Waals surface area contributed by atoms with E-state index in [1.54, 1.807) is 0 Å². The maximum Gasteiger partial charge on any atom is 0.0700 e. The molecular weight excluding hydrogens is 324 g/mol. The first-order chi connectivity index (χ1) is 12.2. The highest BCUT2D eigenvalue weighted by Crippen LogP contribution is 2.54. The van der Waals surface area contributed by atoms with Gasteiger partial charge in [-0.15, -0.1) is 0 Å². The minimum Gasteiger partial charge on any atom is -0.391 e. The van der Waals surface area contributed by atoms with Crippen LogP contribution in [0.4, 0.5) is 0 Å². The van der Waals surface area contributed by atoms with Crippen LogP contribution in [0.2, 0.25) is 0 Å². The second kappa shape index (κ2) is 6.41. The number of fused-ring (bicyclic) bond motifs is 6. The molecule has 9 unspecified atom stereocenters. The number of rotatable bonds is 1. The molecule has 1 N–H and O–H groups in total. The van der Waals surface area contributed by atoms with E-state index in [1.165, 1.54) is 0 Å². The van der Waals surface area contributed by atoms with E-state index in [0.29, 0.717) is 23.9 Å². The highest BCUT2D eigenvalue weighted by Gasteiger charge is 2.62. The highest BCUT2D eigenvalue weighted by atomic mass is 16.3. The average molecular weight is 365 g/mol. The van der Waals surface area contributed by atoms with E-state index in [0.717, 1.165) is 52.4 Å². The minimum absolute atomic E-state index is 0.133. The quantitative estimate of drug-likeness (QED) is 0.766. The molecule has 0 spiro atoms. The second-order valence-corrected chi connectivity index (χ2v) is 10.3. The second-order valence-electron chi connectivity index (χ2n) is 10.3. The number of nitrogens with zero attached hydrogens (tertiary/aromatic N) is 4. The van der Waals surface area contributed by atoms with Gasteiger partial charge in [-0.25, -0.2) is 0 Å². The van der Waals surface area contributed by atoms with Crippen LogP contribution in [0.1, 0.15) is 47.5 Å². The molecule has 1 saturated carbocycles. The largest absolute Gasteiger partial charge is 0.391 e. The van der Waals surface area contributed by atoms with Crippen molar-refractivity contribution in [3.05, 3.63) is 0 Å². The zero-order chi connectivity index (χ0) is 18.9. The smallest absolute Gasteiger partial charge is 0.0700 e. The van der Waals surface area contributed by atoms with Gasteiger partial charge < -0.3 is 5.11 Å². The Balaban J connectivity index is 1.79. The van der Waals surface area contributed by atoms with E-state index in [-0.39, 0.29) is 17.1 Å². The van der Waals surface area contributed by atoms with Gasteiger partial charge in [0, 0.05) is 43.2 Å². The van der Waals surface area contributed by atoms with Crippen molar-refractivity contribution in [2.45, 2.75) is 71.2 Å². The fraction of sp³-hybridized carbons (Fsp3) is 1.00. The van der Waals surface area contributed by atoms with Gasteiger partial charge in [-0.2, -0.15) is 0 Å². The van der Waals surface area contributed by atoms with Crippen molar-refractivity contribution < 1.29 is 5.11 Å². The third kappa shape index (κ3) is 2.54. The molecule has 3 heterocycles. The molecule has 3 aliphatic heterocycles. The predicted molar refractivity (Wildman–Crippen MR) is 106 cm³/mol. The van der Waals surface area contributed by atoms with Gasteiger partial charge in [-0.3, -0.25) is 19.6 Å². The van der Waals surface area contributed by atoms with Crippen LogP contribution in [0.5, 0.6) is 0 Å². The topological polar surface area (TPSA) is 33.2 Å². The van der Waals surface area contributed by atoms with Gasteiger partial charge in [0.05, 0.1) is 19.4 Å². The summed E-state index contributed by atoms with van der Waals surface area (Å²) in [4.78, 5) is 10.5. The van der Waals surface area contributed by atoms with Crippen LogP contribution in [0.25, 0.3) is 0 Å². The van der Waals surface area contributed by atoms with Crippen LogP contribution in [0.3, 0.4) is 0 Å². The van der Waals surface area contributed by atoms with Crippen LogP contribution in [0.15, 0.2) is 0 Å². The van der Waals surface area contributed by atoms with E-state index in [9.17, 15) is 5.11 Å². The van der Waals surface area contributed by atoms with Crippen molar-refractivity contribution in [1.29, 1.82) is 0 Å². The third-order valence-electron chi connectivity index (χ3n) is 8.95. The molecule has 5 nitrogen and oxygen atoms in total. The lowest BCUT2D eigenvalue weighted by Crippen LogP contribution is -2.76. The number of aliphatic hydroxyl groups is 1. The van der Waals surface area contributed by atoms with Crippen LogP contribution in [-0.4, -0.2) is 95.0 Å². The summed E-state index contributed by atoms with van der Waals surface area (Å²) in [6, 6.07) is 0.953. The highest BCUT2D eigenvalue weighted by molar-refractivity contribution is 5.16. The van der Waals surface area contributed by atoms with Crippen molar-refractivity contribution in [1.82, 2.24) is 19.6 Å². The number of aliphatic hydroxyl groups excluding tert-OH is 1. The van der Waals surface area contributed by atoms with Gasteiger partial charge in [0.25, 0.3) is 0 Å². The fourth-order valence-electron chi connectivity index (χ4n) is 7.08. The molecule has 2 bridgehead atoms. The lowest BCUT2D eigenvalue weighted by molar-refractivity contribution is -0.186. The Kier molecular flexibility index (Phi) is 4.72. The molecule has 0 amide bonds. The van der Waals surface area contributed by atoms with Crippen molar-refractivity contribution >= 4 is 0 Å². The molecule has 1 aliphatic carbocycles. The SMILES string of the molecule is CCN1CN(C)CC2(C)CCC(O)C3C(CN4CN3CC(C)C4C)C12C. The zero-order valence-electron chi connectivity index (χ0n) is 17.8. The molecule has 0 radical (unpaired) electrons. The first-order valence-electron chi connectivity index (χ1n) is 10.8. The van der Waals surface area contributed by atoms with Crippen LogP contribution in [-0.2, 0) is 0 Å². The Morgan fingerprint density at radius 2 is 1.81 bits per heavy atom. The summed E-state index contributed by atoms with van der Waals surface area (Å²) in [7, 11) is 2.26. The Hall–Kier alpha value is -0.200. The van der Waals surface area contributed by atoms with Crippen LogP contribution < -0.4 is 0 Å². The van der Waals surface area contributed by atoms with E-state index in [2.05, 4.69) is 61.3 Å². The lowest BCUT2D eigenvalue weighted by Gasteiger charge is -2.66. The summed E-state index contributed by atoms with van der Waals surface area (Å²) >= 11 is 0. The summed E-state index contributed by atoms with van der Waals surface area (Å²) in [6.45, 7) is 18.7. The molecule has 4 rings (SSSR count). The standard InChI is InChI=1S/C21H40N4O/c1-7-25-13-22(6)12-20(4)9-8-18(26)19-17(21(20,25)5)11-23-14-24(19)10-15(2)16(23)3/h15-19,26H,7-14H2,1-6H3. The molecule has 0 aromatic carbocycles. The number of hydrogen-bond acceptors (Lipinski definition) is 5. The normalized spacial score (nSPS) is 55.7. The van der Waals surface area contributed by atoms with Crippen molar-refractivity contribution in [2.75, 3.05) is 46.6 Å². The van der Waals surface area contributed by atoms with E-state index < -0.39 is 0 Å². The summed E-state index contributed by atoms with van der Waals surface area (Å²) in [5.41, 5.74) is 0.354. The molecule has 26 heavy (non-hydrogen) atoms. The first kappa shape index (κ1) is 19.1. The maximum atomic E-state index is 11.3. The lowest BCUT2D eigenvalue weighted by atomic mass is 9.60. The van der Waals surface area contributed by atoms with E-state index in [1.807, 2.05) is 0 Å². The molecule has 0 aromatic rings. The van der Waals surface area contributed by atoms with Gasteiger partial charge in [0.1, 0.15) is 0 Å². The maximum absolute atomic E-state index is 11.3. The predicted octanol–water partition coefficient (Wildman–Crippen LogP) is 1.73. The summed E-state index contributed by atoms with van der Waals surface area (Å²) in [5.74, 6) is 1.18. The molecule has 150 valence electrons. The zero-order valence-corrected chi connectivity index (χ0v) is 17.8. The molecule has 3 saturated heterocycles. The van der Waals surface area contributed by atoms with Crippen molar-refractivity contribution in [3.63, 3.8) is 0 Å². The van der Waals surface area contributed by atoms with Gasteiger partial charge in [0.2, 0.25) is 0 Å². The van der Waals surface area contributed by atoms with E-state index in [4.69, 9.17) is 0 Å². The van der Waals surface area contributed by atoms with Gasteiger partial charge in [0.15, 0.2) is 0 Å². The first-order valence-corrected chi connectivity index (χ1v) is 10.8. The van der Waals surface area contributed by atoms with Crippen LogP contribution in [0, 0.1) is 17.3 Å². The minimum atomic E-state index is -0.189. The Bertz CT molecular complexity index is 542. The summed E-state index contributed by atoms with van der Waals surface area (Å²) in [6.07, 6.45) is 1.88. The molecule has 5 heteroatoms. The Labute approximate surface area is 160 Å². The van der Waals surface area contributed by atoms with Crippen molar-refractivity contribution in [3.8, 4) is 0 Å². The van der Waals surface area contributed by atoms with Crippen LogP contribution >= 0.6 is 0 Å². The molecule has 4 fully saturated rings. The summed E-state index contributed by atoms with van der Waals surface area (Å²) in [5, 5.41) is 11.3. The molecule has 4 aliphatic rings. The van der Waals surface area contributed by atoms with E-state index >= 15 is 0 Å².